The van der Waals surface area contributed by atoms with Crippen molar-refractivity contribution in [3.05, 3.63) is 24.0 Å². The molecule has 0 saturated heterocycles. The predicted octanol–water partition coefficient (Wildman–Crippen LogP) is 3.17. The number of aromatic nitrogens is 1. The lowest BCUT2D eigenvalue weighted by atomic mass is 9.86. The SMILES string of the molecule is CCC1CCC(Oc2ccc(CNCCOC)nc2)CC1. The molecule has 0 aromatic carbocycles. The largest absolute Gasteiger partial charge is 0.489 e. The second-order valence-electron chi connectivity index (χ2n) is 5.82. The summed E-state index contributed by atoms with van der Waals surface area (Å²) in [5.74, 6) is 1.80. The van der Waals surface area contributed by atoms with Crippen molar-refractivity contribution >= 4 is 0 Å². The third kappa shape index (κ3) is 5.64. The summed E-state index contributed by atoms with van der Waals surface area (Å²) in [5, 5.41) is 3.29. The number of hydrogen-bond donors (Lipinski definition) is 1. The quantitative estimate of drug-likeness (QED) is 0.747. The van der Waals surface area contributed by atoms with E-state index in [1.54, 1.807) is 7.11 Å². The van der Waals surface area contributed by atoms with Gasteiger partial charge in [-0.15, -0.1) is 0 Å². The molecule has 0 amide bonds. The minimum absolute atomic E-state index is 0.375. The Bertz CT molecular complexity index is 386. The van der Waals surface area contributed by atoms with Crippen LogP contribution in [0.4, 0.5) is 0 Å². The van der Waals surface area contributed by atoms with Gasteiger partial charge >= 0.3 is 0 Å². The molecule has 0 spiro atoms. The average molecular weight is 292 g/mol. The fourth-order valence-corrected chi connectivity index (χ4v) is 2.83. The molecular weight excluding hydrogens is 264 g/mol. The van der Waals surface area contributed by atoms with Crippen molar-refractivity contribution < 1.29 is 9.47 Å². The van der Waals surface area contributed by atoms with Crippen LogP contribution in [0.15, 0.2) is 18.3 Å². The van der Waals surface area contributed by atoms with Crippen molar-refractivity contribution in [3.8, 4) is 5.75 Å². The Morgan fingerprint density at radius 3 is 2.67 bits per heavy atom. The first-order valence-corrected chi connectivity index (χ1v) is 8.13. The van der Waals surface area contributed by atoms with E-state index in [1.807, 2.05) is 18.3 Å². The second-order valence-corrected chi connectivity index (χ2v) is 5.82. The Morgan fingerprint density at radius 2 is 2.05 bits per heavy atom. The molecule has 118 valence electrons. The van der Waals surface area contributed by atoms with Crippen LogP contribution in [0.25, 0.3) is 0 Å². The molecule has 1 aliphatic carbocycles. The Balaban J connectivity index is 1.72. The van der Waals surface area contributed by atoms with Crippen molar-refractivity contribution in [2.24, 2.45) is 5.92 Å². The number of hydrogen-bond acceptors (Lipinski definition) is 4. The molecule has 1 aliphatic rings. The van der Waals surface area contributed by atoms with E-state index in [-0.39, 0.29) is 0 Å². The zero-order valence-electron chi connectivity index (χ0n) is 13.3. The molecule has 0 aliphatic heterocycles. The van der Waals surface area contributed by atoms with Crippen molar-refractivity contribution in [2.75, 3.05) is 20.3 Å². The van der Waals surface area contributed by atoms with Crippen LogP contribution in [0.5, 0.6) is 5.75 Å². The zero-order chi connectivity index (χ0) is 14.9. The molecule has 1 aromatic heterocycles. The number of rotatable bonds is 8. The Labute approximate surface area is 128 Å². The van der Waals surface area contributed by atoms with Gasteiger partial charge in [0.05, 0.1) is 24.6 Å². The van der Waals surface area contributed by atoms with Gasteiger partial charge in [0.2, 0.25) is 0 Å². The van der Waals surface area contributed by atoms with Gasteiger partial charge in [0.15, 0.2) is 0 Å². The fraction of sp³-hybridized carbons (Fsp3) is 0.706. The molecule has 1 aromatic rings. The van der Waals surface area contributed by atoms with E-state index in [4.69, 9.17) is 9.47 Å². The fourth-order valence-electron chi connectivity index (χ4n) is 2.83. The van der Waals surface area contributed by atoms with Crippen LogP contribution in [0, 0.1) is 5.92 Å². The zero-order valence-corrected chi connectivity index (χ0v) is 13.3. The molecule has 4 heteroatoms. The molecule has 4 nitrogen and oxygen atoms in total. The van der Waals surface area contributed by atoms with Crippen molar-refractivity contribution in [1.82, 2.24) is 10.3 Å². The average Bonchev–Trinajstić information content (AvgIpc) is 2.54. The molecule has 2 rings (SSSR count). The number of nitrogens with one attached hydrogen (secondary N) is 1. The molecule has 0 atom stereocenters. The minimum atomic E-state index is 0.375. The molecule has 1 saturated carbocycles. The molecule has 0 bridgehead atoms. The number of nitrogens with zero attached hydrogens (tertiary/aromatic N) is 1. The van der Waals surface area contributed by atoms with Gasteiger partial charge in [-0.1, -0.05) is 13.3 Å². The normalized spacial score (nSPS) is 22.2. The van der Waals surface area contributed by atoms with E-state index in [2.05, 4.69) is 17.2 Å². The van der Waals surface area contributed by atoms with E-state index in [0.717, 1.165) is 37.1 Å². The van der Waals surface area contributed by atoms with Gasteiger partial charge in [0.1, 0.15) is 5.75 Å². The maximum atomic E-state index is 6.04. The van der Waals surface area contributed by atoms with Gasteiger partial charge in [-0.05, 0) is 43.7 Å². The van der Waals surface area contributed by atoms with Gasteiger partial charge in [0.25, 0.3) is 0 Å². The monoisotopic (exact) mass is 292 g/mol. The van der Waals surface area contributed by atoms with Crippen LogP contribution < -0.4 is 10.1 Å². The summed E-state index contributed by atoms with van der Waals surface area (Å²) in [7, 11) is 1.71. The van der Waals surface area contributed by atoms with Crippen LogP contribution in [0.2, 0.25) is 0 Å². The predicted molar refractivity (Wildman–Crippen MR) is 84.5 cm³/mol. The van der Waals surface area contributed by atoms with Gasteiger partial charge in [-0.25, -0.2) is 0 Å². The highest BCUT2D eigenvalue weighted by Gasteiger charge is 2.21. The van der Waals surface area contributed by atoms with E-state index in [1.165, 1.54) is 32.1 Å². The summed E-state index contributed by atoms with van der Waals surface area (Å²) in [6, 6.07) is 4.07. The molecule has 0 radical (unpaired) electrons. The van der Waals surface area contributed by atoms with E-state index >= 15 is 0 Å². The Hall–Kier alpha value is -1.13. The number of ether oxygens (including phenoxy) is 2. The molecular formula is C17H28N2O2. The van der Waals surface area contributed by atoms with Crippen molar-refractivity contribution in [3.63, 3.8) is 0 Å². The summed E-state index contributed by atoms with van der Waals surface area (Å²) in [6.07, 6.45) is 8.49. The topological polar surface area (TPSA) is 43.4 Å². The summed E-state index contributed by atoms with van der Waals surface area (Å²) in [4.78, 5) is 4.44. The van der Waals surface area contributed by atoms with Gasteiger partial charge < -0.3 is 14.8 Å². The number of pyridine rings is 1. The number of methoxy groups -OCH3 is 1. The molecule has 21 heavy (non-hydrogen) atoms. The third-order valence-corrected chi connectivity index (χ3v) is 4.26. The Morgan fingerprint density at radius 1 is 1.24 bits per heavy atom. The van der Waals surface area contributed by atoms with Crippen LogP contribution in [0.1, 0.15) is 44.7 Å². The van der Waals surface area contributed by atoms with Crippen LogP contribution in [-0.2, 0) is 11.3 Å². The molecule has 0 unspecified atom stereocenters. The summed E-state index contributed by atoms with van der Waals surface area (Å²) < 4.78 is 11.0. The van der Waals surface area contributed by atoms with Crippen LogP contribution >= 0.6 is 0 Å². The maximum absolute atomic E-state index is 6.04. The van der Waals surface area contributed by atoms with Crippen molar-refractivity contribution in [2.45, 2.75) is 51.7 Å². The minimum Gasteiger partial charge on any atom is -0.489 e. The lowest BCUT2D eigenvalue weighted by molar-refractivity contribution is 0.129. The highest BCUT2D eigenvalue weighted by molar-refractivity contribution is 5.20. The van der Waals surface area contributed by atoms with E-state index in [0.29, 0.717) is 6.10 Å². The standard InChI is InChI=1S/C17H28N2O2/c1-3-14-4-7-16(8-5-14)21-17-9-6-15(19-13-17)12-18-10-11-20-2/h6,9,13-14,16,18H,3-5,7-8,10-12H2,1-2H3. The molecule has 1 N–H and O–H groups in total. The molecule has 1 heterocycles. The maximum Gasteiger partial charge on any atom is 0.138 e. The highest BCUT2D eigenvalue weighted by atomic mass is 16.5. The van der Waals surface area contributed by atoms with E-state index < -0.39 is 0 Å². The van der Waals surface area contributed by atoms with Crippen LogP contribution in [-0.4, -0.2) is 31.3 Å². The van der Waals surface area contributed by atoms with Crippen molar-refractivity contribution in [1.29, 1.82) is 0 Å². The first kappa shape index (κ1) is 16.2. The van der Waals surface area contributed by atoms with Gasteiger partial charge in [0, 0.05) is 20.2 Å². The van der Waals surface area contributed by atoms with E-state index in [9.17, 15) is 0 Å². The van der Waals surface area contributed by atoms with Gasteiger partial charge in [-0.3, -0.25) is 4.98 Å². The summed E-state index contributed by atoms with van der Waals surface area (Å²) in [5.41, 5.74) is 1.04. The lowest BCUT2D eigenvalue weighted by Gasteiger charge is -2.28. The Kier molecular flexibility index (Phi) is 6.96. The summed E-state index contributed by atoms with van der Waals surface area (Å²) in [6.45, 7) is 4.62. The third-order valence-electron chi connectivity index (χ3n) is 4.26. The second kappa shape index (κ2) is 9.00. The molecule has 1 fully saturated rings. The first-order chi connectivity index (χ1) is 10.3. The van der Waals surface area contributed by atoms with Gasteiger partial charge in [-0.2, -0.15) is 0 Å². The first-order valence-electron chi connectivity index (χ1n) is 8.13. The lowest BCUT2D eigenvalue weighted by Crippen LogP contribution is -2.24. The van der Waals surface area contributed by atoms with Crippen LogP contribution in [0.3, 0.4) is 0 Å². The highest BCUT2D eigenvalue weighted by Crippen LogP contribution is 2.29. The smallest absolute Gasteiger partial charge is 0.138 e. The summed E-state index contributed by atoms with van der Waals surface area (Å²) >= 11 is 0.